The van der Waals surface area contributed by atoms with E-state index in [-0.39, 0.29) is 41.1 Å². The van der Waals surface area contributed by atoms with E-state index in [1.807, 2.05) is 0 Å². The number of halogens is 2. The second-order valence-corrected chi connectivity index (χ2v) is 25.8. The van der Waals surface area contributed by atoms with Crippen LogP contribution in [0.5, 0.6) is 0 Å². The zero-order chi connectivity index (χ0) is 39.7. The summed E-state index contributed by atoms with van der Waals surface area (Å²) in [4.78, 5) is 0. The summed E-state index contributed by atoms with van der Waals surface area (Å²) >= 11 is -3.00. The molecule has 0 saturated heterocycles. The van der Waals surface area contributed by atoms with Gasteiger partial charge in [0.2, 0.25) is 0 Å². The van der Waals surface area contributed by atoms with Crippen molar-refractivity contribution in [2.45, 2.75) is 93.4 Å². The van der Waals surface area contributed by atoms with Crippen molar-refractivity contribution in [3.8, 4) is 33.4 Å². The molecule has 0 radical (unpaired) electrons. The largest absolute Gasteiger partial charge is 1.00 e. The van der Waals surface area contributed by atoms with Crippen LogP contribution in [0.25, 0.3) is 44.2 Å². The number of hydrogen-bond donors (Lipinski definition) is 0. The molecule has 0 aliphatic heterocycles. The molecule has 296 valence electrons. The van der Waals surface area contributed by atoms with Crippen molar-refractivity contribution in [1.82, 2.24) is 0 Å². The van der Waals surface area contributed by atoms with Crippen LogP contribution in [0.15, 0.2) is 142 Å². The maximum Gasteiger partial charge on any atom is -1.00 e. The smallest absolute Gasteiger partial charge is 1.00 e. The summed E-state index contributed by atoms with van der Waals surface area (Å²) in [5.74, 6) is 0.396. The van der Waals surface area contributed by atoms with Crippen molar-refractivity contribution in [2.75, 3.05) is 0 Å². The molecule has 0 aromatic heterocycles. The summed E-state index contributed by atoms with van der Waals surface area (Å²) < 4.78 is 4.99. The van der Waals surface area contributed by atoms with E-state index in [0.717, 1.165) is 6.42 Å². The first kappa shape index (κ1) is 44.0. The Hall–Kier alpha value is -3.61. The molecule has 0 heterocycles. The minimum Gasteiger partial charge on any atom is -1.00 e. The molecule has 58 heavy (non-hydrogen) atoms. The van der Waals surface area contributed by atoms with E-state index in [0.29, 0.717) is 5.92 Å². The van der Waals surface area contributed by atoms with Crippen LogP contribution >= 0.6 is 0 Å². The van der Waals surface area contributed by atoms with E-state index < -0.39 is 21.3 Å². The topological polar surface area (TPSA) is 0 Å². The van der Waals surface area contributed by atoms with Gasteiger partial charge >= 0.3 is 347 Å². The van der Waals surface area contributed by atoms with Gasteiger partial charge in [-0.25, -0.2) is 0 Å². The molecule has 1 atom stereocenters. The predicted molar refractivity (Wildman–Crippen MR) is 241 cm³/mol. The Morgan fingerprint density at radius 2 is 1.14 bits per heavy atom. The van der Waals surface area contributed by atoms with Crippen LogP contribution < -0.4 is 28.1 Å². The SMILES string of the molecule is C/[C](c1ccc2ccccc2c1)=[Zr+2](\[C]1=CC(C(C)(C)C)=CC1C)[c]1c2c(cc(C(C)(C)C)c1-c1ccccc1)-c1cc(C(C)(C)C)c(-c3ccccc3)cc1C2.[Cl-].[Cl-]. The second kappa shape index (κ2) is 16.4. The van der Waals surface area contributed by atoms with E-state index in [2.05, 4.69) is 210 Å². The maximum atomic E-state index is 2.67. The van der Waals surface area contributed by atoms with Gasteiger partial charge in [0.05, 0.1) is 0 Å². The normalized spacial score (nSPS) is 15.2. The average Bonchev–Trinajstić information content (AvgIpc) is 3.74. The van der Waals surface area contributed by atoms with Gasteiger partial charge < -0.3 is 24.8 Å². The molecule has 0 spiro atoms. The van der Waals surface area contributed by atoms with Crippen LogP contribution in [0.3, 0.4) is 0 Å². The molecular formula is C55H58Cl2Zr. The fourth-order valence-electron chi connectivity index (χ4n) is 9.22. The van der Waals surface area contributed by atoms with E-state index in [9.17, 15) is 0 Å². The quantitative estimate of drug-likeness (QED) is 0.163. The Kier molecular flexibility index (Phi) is 12.5. The van der Waals surface area contributed by atoms with Crippen molar-refractivity contribution < 1.29 is 46.1 Å². The van der Waals surface area contributed by atoms with Crippen LogP contribution in [0, 0.1) is 11.3 Å². The first-order valence-corrected chi connectivity index (χ1v) is 24.3. The van der Waals surface area contributed by atoms with Crippen LogP contribution in [-0.4, -0.2) is 3.21 Å². The van der Waals surface area contributed by atoms with Gasteiger partial charge in [0.1, 0.15) is 0 Å². The Balaban J connectivity index is 0.00000283. The van der Waals surface area contributed by atoms with E-state index in [1.54, 1.807) is 15.3 Å². The number of rotatable bonds is 5. The molecule has 1 unspecified atom stereocenters. The first-order valence-electron chi connectivity index (χ1n) is 20.6. The molecular weight excluding hydrogens is 823 g/mol. The Morgan fingerprint density at radius 3 is 1.72 bits per heavy atom. The van der Waals surface area contributed by atoms with E-state index in [4.69, 9.17) is 0 Å². The third-order valence-electron chi connectivity index (χ3n) is 12.3. The summed E-state index contributed by atoms with van der Waals surface area (Å²) in [6.45, 7) is 26.6. The van der Waals surface area contributed by atoms with Gasteiger partial charge in [0.15, 0.2) is 0 Å². The third kappa shape index (κ3) is 8.14. The van der Waals surface area contributed by atoms with Crippen molar-refractivity contribution in [3.63, 3.8) is 0 Å². The predicted octanol–water partition coefficient (Wildman–Crippen LogP) is 8.34. The fourth-order valence-corrected chi connectivity index (χ4v) is 17.7. The first-order chi connectivity index (χ1) is 26.5. The van der Waals surface area contributed by atoms with Gasteiger partial charge in [-0.05, 0) is 0 Å². The molecule has 3 heteroatoms. The molecule has 6 aromatic rings. The van der Waals surface area contributed by atoms with E-state index >= 15 is 0 Å². The molecule has 0 N–H and O–H groups in total. The van der Waals surface area contributed by atoms with Gasteiger partial charge in [0, 0.05) is 0 Å². The number of benzene rings is 6. The van der Waals surface area contributed by atoms with Crippen LogP contribution in [0.4, 0.5) is 0 Å². The number of fused-ring (bicyclic) bond motifs is 4. The van der Waals surface area contributed by atoms with Crippen molar-refractivity contribution in [2.24, 2.45) is 11.3 Å². The zero-order valence-corrected chi connectivity index (χ0v) is 40.2. The minimum atomic E-state index is -3.00. The van der Waals surface area contributed by atoms with E-state index in [1.165, 1.54) is 72.0 Å². The zero-order valence-electron chi connectivity index (χ0n) is 36.2. The Labute approximate surface area is 368 Å². The van der Waals surface area contributed by atoms with Gasteiger partial charge in [-0.1, -0.05) is 0 Å². The maximum absolute atomic E-state index is 3.00. The standard InChI is InChI=1S/C33H33.C12H10.C10H15.2ClH.Zr/c1-32(2,3)30-20-26-24(18-28(30)22-13-9-7-10-14-22)17-25-19-29(23-15-11-8-12-16-23)31(21-27(25)26)33(4,5)6;1-2-10-7-8-11-5-3-4-6-12(11)9-10;1-8-5-6-9(7-8)10(2,3)4;;;/h7-16,18,20-21H,17H2,1-6H3;3-9H,1H3;6-8H,1-4H3;2*1H;/q;;;;;+2/p-2. The molecule has 8 rings (SSSR count). The molecule has 0 bridgehead atoms. The summed E-state index contributed by atoms with van der Waals surface area (Å²) in [7, 11) is 0. The molecule has 0 nitrogen and oxygen atoms in total. The van der Waals surface area contributed by atoms with Crippen molar-refractivity contribution >= 4 is 17.2 Å². The Morgan fingerprint density at radius 1 is 0.569 bits per heavy atom. The fraction of sp³-hybridized carbons (Fsp3) is 0.291. The average molecular weight is 881 g/mol. The summed E-state index contributed by atoms with van der Waals surface area (Å²) in [6, 6.07) is 46.4. The van der Waals surface area contributed by atoms with Crippen LogP contribution in [-0.2, 0) is 38.5 Å². The van der Waals surface area contributed by atoms with Gasteiger partial charge in [0.25, 0.3) is 0 Å². The second-order valence-electron chi connectivity index (χ2n) is 19.5. The summed E-state index contributed by atoms with van der Waals surface area (Å²) in [5.41, 5.74) is 17.2. The van der Waals surface area contributed by atoms with Crippen LogP contribution in [0.1, 0.15) is 104 Å². The molecule has 0 saturated carbocycles. The van der Waals surface area contributed by atoms with Crippen LogP contribution in [0.2, 0.25) is 0 Å². The van der Waals surface area contributed by atoms with Crippen molar-refractivity contribution in [3.05, 3.63) is 170 Å². The molecule has 2 aliphatic rings. The third-order valence-corrected chi connectivity index (χ3v) is 20.3. The molecule has 0 amide bonds. The summed E-state index contributed by atoms with van der Waals surface area (Å²) in [5, 5.41) is 2.63. The minimum absolute atomic E-state index is 0. The molecule has 6 aromatic carbocycles. The van der Waals surface area contributed by atoms with Gasteiger partial charge in [-0.3, -0.25) is 0 Å². The number of allylic oxidation sites excluding steroid dienone is 4. The number of hydrogen-bond acceptors (Lipinski definition) is 0. The van der Waals surface area contributed by atoms with Gasteiger partial charge in [-0.15, -0.1) is 0 Å². The molecule has 0 fully saturated rings. The monoisotopic (exact) mass is 878 g/mol. The van der Waals surface area contributed by atoms with Crippen molar-refractivity contribution in [1.29, 1.82) is 0 Å². The summed E-state index contributed by atoms with van der Waals surface area (Å²) in [6.07, 6.45) is 6.23. The Bertz CT molecular complexity index is 2600. The molecule has 2 aliphatic carbocycles. The van der Waals surface area contributed by atoms with Gasteiger partial charge in [-0.2, -0.15) is 0 Å².